The van der Waals surface area contributed by atoms with Crippen LogP contribution in [-0.4, -0.2) is 18.4 Å². The quantitative estimate of drug-likeness (QED) is 0.375. The van der Waals surface area contributed by atoms with Crippen LogP contribution in [0.3, 0.4) is 0 Å². The van der Waals surface area contributed by atoms with E-state index in [9.17, 15) is 18.8 Å². The molecule has 120 valence electrons. The number of ether oxygens (including phenoxy) is 1. The molecule has 1 heterocycles. The average Bonchev–Trinajstić information content (AvgIpc) is 2.45. The number of benzene rings is 1. The van der Waals surface area contributed by atoms with Crippen molar-refractivity contribution < 1.29 is 23.1 Å². The summed E-state index contributed by atoms with van der Waals surface area (Å²) >= 11 is 0. The summed E-state index contributed by atoms with van der Waals surface area (Å²) in [7, 11) is 0. The van der Waals surface area contributed by atoms with Gasteiger partial charge in [0.15, 0.2) is 11.2 Å². The molecule has 0 atom stereocenters. The van der Waals surface area contributed by atoms with Gasteiger partial charge in [-0.1, -0.05) is 0 Å². The molecule has 0 amide bonds. The fourth-order valence-corrected chi connectivity index (χ4v) is 2.14. The molecule has 0 saturated heterocycles. The maximum absolute atomic E-state index is 13.8. The topological polar surface area (TPSA) is 73.6 Å². The second kappa shape index (κ2) is 6.56. The van der Waals surface area contributed by atoms with E-state index in [1.165, 1.54) is 19.1 Å². The van der Waals surface area contributed by atoms with Gasteiger partial charge in [0.25, 0.3) is 0 Å². The van der Waals surface area contributed by atoms with Gasteiger partial charge >= 0.3 is 5.97 Å². The first-order valence-electron chi connectivity index (χ1n) is 6.97. The summed E-state index contributed by atoms with van der Waals surface area (Å²) < 4.78 is 24.1. The number of hydrogen-bond acceptors (Lipinski definition) is 5. The molecule has 6 heteroatoms. The second-order valence-electron chi connectivity index (χ2n) is 4.93. The zero-order valence-electron chi connectivity index (χ0n) is 12.9. The summed E-state index contributed by atoms with van der Waals surface area (Å²) in [4.78, 5) is 35.5. The maximum Gasteiger partial charge on any atom is 0.341 e. The number of hydrogen-bond donors (Lipinski definition) is 0. The summed E-state index contributed by atoms with van der Waals surface area (Å²) in [6.45, 7) is 4.48. The molecule has 0 radical (unpaired) electrons. The second-order valence-corrected chi connectivity index (χ2v) is 4.93. The molecule has 1 aromatic heterocycles. The van der Waals surface area contributed by atoms with E-state index < -0.39 is 23.0 Å². The Labute approximate surface area is 131 Å². The average molecular weight is 318 g/mol. The van der Waals surface area contributed by atoms with E-state index in [0.717, 1.165) is 12.1 Å². The van der Waals surface area contributed by atoms with Crippen LogP contribution in [0, 0.1) is 12.7 Å². The molecule has 0 fully saturated rings. The lowest BCUT2D eigenvalue weighted by Crippen LogP contribution is -2.13. The van der Waals surface area contributed by atoms with Crippen LogP contribution in [-0.2, 0) is 14.3 Å². The molecule has 0 bridgehead atoms. The molecule has 2 aromatic rings. The number of ketones is 1. The fraction of sp³-hybridized carbons (Fsp3) is 0.235. The van der Waals surface area contributed by atoms with Crippen LogP contribution >= 0.6 is 0 Å². The fourth-order valence-electron chi connectivity index (χ4n) is 2.14. The van der Waals surface area contributed by atoms with Gasteiger partial charge in [0.2, 0.25) is 0 Å². The largest absolute Gasteiger partial charge is 0.462 e. The highest BCUT2D eigenvalue weighted by Gasteiger charge is 2.18. The zero-order valence-corrected chi connectivity index (χ0v) is 12.9. The van der Waals surface area contributed by atoms with Crippen molar-refractivity contribution in [3.8, 4) is 0 Å². The Morgan fingerprint density at radius 1 is 1.30 bits per heavy atom. The Balaban J connectivity index is 2.75. The molecular weight excluding hydrogens is 303 g/mol. The van der Waals surface area contributed by atoms with Gasteiger partial charge in [-0.05, 0) is 39.0 Å². The number of rotatable bonds is 4. The first-order valence-corrected chi connectivity index (χ1v) is 6.97. The van der Waals surface area contributed by atoms with Crippen molar-refractivity contribution in [2.45, 2.75) is 20.8 Å². The Morgan fingerprint density at radius 3 is 2.61 bits per heavy atom. The van der Waals surface area contributed by atoms with E-state index in [0.29, 0.717) is 5.76 Å². The number of aryl methyl sites for hydroxylation is 1. The minimum absolute atomic E-state index is 0.0358. The van der Waals surface area contributed by atoms with E-state index >= 15 is 0 Å². The van der Waals surface area contributed by atoms with E-state index in [4.69, 9.17) is 9.15 Å². The van der Waals surface area contributed by atoms with Gasteiger partial charge in [-0.3, -0.25) is 9.59 Å². The first kappa shape index (κ1) is 16.6. The van der Waals surface area contributed by atoms with Gasteiger partial charge in [0.05, 0.1) is 12.0 Å². The molecule has 0 unspecified atom stereocenters. The van der Waals surface area contributed by atoms with E-state index in [1.807, 2.05) is 0 Å². The number of Topliss-reactive ketones (excluding diaryl/α,β-unsaturated/α-hetero) is 1. The highest BCUT2D eigenvalue weighted by molar-refractivity contribution is 6.20. The van der Waals surface area contributed by atoms with Gasteiger partial charge in [-0.2, -0.15) is 0 Å². The van der Waals surface area contributed by atoms with Crippen LogP contribution in [0.5, 0.6) is 0 Å². The molecule has 0 N–H and O–H groups in total. The maximum atomic E-state index is 13.8. The van der Waals surface area contributed by atoms with Gasteiger partial charge < -0.3 is 9.15 Å². The lowest BCUT2D eigenvalue weighted by molar-refractivity contribution is -0.139. The standard InChI is InChI=1S/C17H15FO5/c1-4-22-17(21)13(10(3)19)7-11-6-12(18)8-14-15(20)5-9(2)23-16(11)14/h5-8H,4H2,1-3H3/b13-7-. The minimum atomic E-state index is -0.813. The summed E-state index contributed by atoms with van der Waals surface area (Å²) in [5, 5.41) is 0.0358. The number of carbonyl (C=O) groups is 2. The molecule has 0 spiro atoms. The van der Waals surface area contributed by atoms with Crippen LogP contribution < -0.4 is 5.43 Å². The van der Waals surface area contributed by atoms with Crippen molar-refractivity contribution in [2.24, 2.45) is 0 Å². The van der Waals surface area contributed by atoms with Crippen LogP contribution in [0.25, 0.3) is 17.0 Å². The van der Waals surface area contributed by atoms with Crippen molar-refractivity contribution in [3.05, 3.63) is 51.1 Å². The zero-order chi connectivity index (χ0) is 17.1. The van der Waals surface area contributed by atoms with Crippen molar-refractivity contribution >= 4 is 28.8 Å². The molecule has 0 aliphatic heterocycles. The Bertz CT molecular complexity index is 876. The van der Waals surface area contributed by atoms with Gasteiger partial charge in [0.1, 0.15) is 22.7 Å². The first-order chi connectivity index (χ1) is 10.8. The lowest BCUT2D eigenvalue weighted by atomic mass is 10.0. The van der Waals surface area contributed by atoms with E-state index in [2.05, 4.69) is 0 Å². The SMILES string of the molecule is CCOC(=O)/C(=C\c1cc(F)cc2c(=O)cc(C)oc12)C(C)=O. The van der Waals surface area contributed by atoms with Crippen LogP contribution in [0.4, 0.5) is 4.39 Å². The molecule has 23 heavy (non-hydrogen) atoms. The molecular formula is C17H15FO5. The van der Waals surface area contributed by atoms with Crippen molar-refractivity contribution in [3.63, 3.8) is 0 Å². The van der Waals surface area contributed by atoms with Crippen molar-refractivity contribution in [1.82, 2.24) is 0 Å². The third kappa shape index (κ3) is 3.53. The van der Waals surface area contributed by atoms with Crippen LogP contribution in [0.2, 0.25) is 0 Å². The number of fused-ring (bicyclic) bond motifs is 1. The van der Waals surface area contributed by atoms with Gasteiger partial charge in [-0.15, -0.1) is 0 Å². The molecule has 5 nitrogen and oxygen atoms in total. The number of halogens is 1. The molecule has 2 rings (SSSR count). The smallest absolute Gasteiger partial charge is 0.341 e. The predicted molar refractivity (Wildman–Crippen MR) is 82.5 cm³/mol. The minimum Gasteiger partial charge on any atom is -0.462 e. The summed E-state index contributed by atoms with van der Waals surface area (Å²) in [6, 6.07) is 3.38. The van der Waals surface area contributed by atoms with E-state index in [-0.39, 0.29) is 28.7 Å². The van der Waals surface area contributed by atoms with Crippen molar-refractivity contribution in [2.75, 3.05) is 6.61 Å². The van der Waals surface area contributed by atoms with Gasteiger partial charge in [0, 0.05) is 11.6 Å². The molecule has 0 aliphatic rings. The summed E-state index contributed by atoms with van der Waals surface area (Å²) in [5.41, 5.74) is -0.417. The summed E-state index contributed by atoms with van der Waals surface area (Å²) in [6.07, 6.45) is 1.17. The monoisotopic (exact) mass is 318 g/mol. The number of esters is 1. The Kier molecular flexibility index (Phi) is 4.74. The third-order valence-corrected chi connectivity index (χ3v) is 3.12. The molecule has 1 aromatic carbocycles. The van der Waals surface area contributed by atoms with E-state index in [1.54, 1.807) is 13.8 Å². The highest BCUT2D eigenvalue weighted by atomic mass is 19.1. The number of carbonyl (C=O) groups excluding carboxylic acids is 2. The van der Waals surface area contributed by atoms with Crippen LogP contribution in [0.1, 0.15) is 25.2 Å². The lowest BCUT2D eigenvalue weighted by Gasteiger charge is -2.06. The highest BCUT2D eigenvalue weighted by Crippen LogP contribution is 2.22. The molecule has 0 aliphatic carbocycles. The third-order valence-electron chi connectivity index (χ3n) is 3.12. The molecule has 0 saturated carbocycles. The summed E-state index contributed by atoms with van der Waals surface area (Å²) in [5.74, 6) is -1.68. The Morgan fingerprint density at radius 2 is 2.00 bits per heavy atom. The van der Waals surface area contributed by atoms with Crippen LogP contribution in [0.15, 0.2) is 33.0 Å². The predicted octanol–water partition coefficient (Wildman–Crippen LogP) is 2.78. The Hall–Kier alpha value is -2.76. The van der Waals surface area contributed by atoms with Gasteiger partial charge in [-0.25, -0.2) is 9.18 Å². The normalized spacial score (nSPS) is 11.6. The van der Waals surface area contributed by atoms with Crippen molar-refractivity contribution in [1.29, 1.82) is 0 Å².